The summed E-state index contributed by atoms with van der Waals surface area (Å²) in [5.41, 5.74) is 3.46. The molecule has 0 radical (unpaired) electrons. The Morgan fingerprint density at radius 2 is 1.76 bits per heavy atom. The maximum absolute atomic E-state index is 12.5. The van der Waals surface area contributed by atoms with Crippen molar-refractivity contribution in [3.63, 3.8) is 0 Å². The van der Waals surface area contributed by atoms with Gasteiger partial charge in [0.05, 0.1) is 6.67 Å². The Morgan fingerprint density at radius 1 is 0.970 bits per heavy atom. The summed E-state index contributed by atoms with van der Waals surface area (Å²) in [5, 5.41) is 19.9. The molecule has 1 fully saturated rings. The average Bonchev–Trinajstić information content (AvgIpc) is 2.80. The molecule has 0 aliphatic carbocycles. The second kappa shape index (κ2) is 9.16. The van der Waals surface area contributed by atoms with Gasteiger partial charge in [0.25, 0.3) is 0 Å². The van der Waals surface area contributed by atoms with Crippen molar-refractivity contribution >= 4 is 11.6 Å². The minimum Gasteiger partial charge on any atom is -0.508 e. The van der Waals surface area contributed by atoms with E-state index in [1.54, 1.807) is 36.4 Å². The third-order valence-corrected chi connectivity index (χ3v) is 6.12. The van der Waals surface area contributed by atoms with E-state index in [-0.39, 0.29) is 30.2 Å². The number of rotatable bonds is 7. The van der Waals surface area contributed by atoms with Crippen LogP contribution in [0, 0.1) is 5.92 Å². The van der Waals surface area contributed by atoms with Gasteiger partial charge in [0.15, 0.2) is 0 Å². The van der Waals surface area contributed by atoms with E-state index in [1.165, 1.54) is 0 Å². The van der Waals surface area contributed by atoms with Gasteiger partial charge in [-0.05, 0) is 59.7 Å². The van der Waals surface area contributed by atoms with Crippen molar-refractivity contribution in [3.8, 4) is 23.0 Å². The van der Waals surface area contributed by atoms with Gasteiger partial charge in [-0.2, -0.15) is 0 Å². The smallest absolute Gasteiger partial charge is 0.149 e. The normalized spacial score (nSPS) is 18.1. The van der Waals surface area contributed by atoms with Gasteiger partial charge >= 0.3 is 0 Å². The van der Waals surface area contributed by atoms with Crippen molar-refractivity contribution in [2.75, 3.05) is 32.9 Å². The molecule has 170 valence electrons. The third-order valence-electron chi connectivity index (χ3n) is 6.12. The standard InChI is InChI=1S/C27H26FNO4/c28-15-18-16-29(17-18)10-11-32-24-7-4-19(5-8-24)27-25(20-2-1-3-22(30)12-20)14-21-13-23(31)6-9-26(21)33-27/h1-9,12-14,18,27,30-31H,10-11,15-17H2. The molecular weight excluding hydrogens is 421 g/mol. The van der Waals surface area contributed by atoms with Gasteiger partial charge in [-0.3, -0.25) is 9.29 Å². The summed E-state index contributed by atoms with van der Waals surface area (Å²) < 4.78 is 24.8. The zero-order chi connectivity index (χ0) is 22.8. The number of aromatic hydroxyl groups is 2. The summed E-state index contributed by atoms with van der Waals surface area (Å²) in [6.45, 7) is 2.72. The van der Waals surface area contributed by atoms with E-state index in [0.29, 0.717) is 12.4 Å². The second-order valence-corrected chi connectivity index (χ2v) is 8.57. The maximum atomic E-state index is 12.5. The van der Waals surface area contributed by atoms with Crippen LogP contribution in [0.3, 0.4) is 0 Å². The van der Waals surface area contributed by atoms with Gasteiger partial charge < -0.3 is 19.7 Å². The Morgan fingerprint density at radius 3 is 2.52 bits per heavy atom. The van der Waals surface area contributed by atoms with Crippen LogP contribution in [0.25, 0.3) is 11.6 Å². The Bertz CT molecular complexity index is 1160. The number of phenolic OH excluding ortho intramolecular Hbond substituents is 2. The molecule has 2 aliphatic rings. The van der Waals surface area contributed by atoms with Crippen LogP contribution in [0.4, 0.5) is 4.39 Å². The van der Waals surface area contributed by atoms with Crippen LogP contribution in [0.1, 0.15) is 22.8 Å². The van der Waals surface area contributed by atoms with Crippen LogP contribution in [-0.4, -0.2) is 48.0 Å². The first-order chi connectivity index (χ1) is 16.1. The van der Waals surface area contributed by atoms with E-state index < -0.39 is 0 Å². The van der Waals surface area contributed by atoms with Gasteiger partial charge in [0, 0.05) is 36.7 Å². The summed E-state index contributed by atoms with van der Waals surface area (Å²) in [4.78, 5) is 2.19. The molecule has 2 heterocycles. The van der Waals surface area contributed by atoms with E-state index in [0.717, 1.165) is 47.6 Å². The summed E-state index contributed by atoms with van der Waals surface area (Å²) >= 11 is 0. The predicted octanol–water partition coefficient (Wildman–Crippen LogP) is 5.05. The Kier molecular flexibility index (Phi) is 5.92. The molecule has 2 N–H and O–H groups in total. The molecule has 1 unspecified atom stereocenters. The van der Waals surface area contributed by atoms with Crippen LogP contribution in [0.5, 0.6) is 23.0 Å². The predicted molar refractivity (Wildman–Crippen MR) is 125 cm³/mol. The van der Waals surface area contributed by atoms with Crippen LogP contribution in [-0.2, 0) is 0 Å². The van der Waals surface area contributed by atoms with Crippen LogP contribution < -0.4 is 9.47 Å². The molecule has 0 aromatic heterocycles. The lowest BCUT2D eigenvalue weighted by Gasteiger charge is -2.37. The van der Waals surface area contributed by atoms with E-state index in [1.807, 2.05) is 36.4 Å². The number of phenols is 2. The molecule has 0 bridgehead atoms. The van der Waals surface area contributed by atoms with E-state index >= 15 is 0 Å². The first kappa shape index (κ1) is 21.3. The fourth-order valence-corrected chi connectivity index (χ4v) is 4.35. The zero-order valence-corrected chi connectivity index (χ0v) is 18.2. The zero-order valence-electron chi connectivity index (χ0n) is 18.2. The minimum absolute atomic E-state index is 0.169. The minimum atomic E-state index is -0.378. The lowest BCUT2D eigenvalue weighted by molar-refractivity contribution is 0.0668. The molecule has 0 amide bonds. The van der Waals surface area contributed by atoms with Crippen LogP contribution in [0.15, 0.2) is 66.7 Å². The van der Waals surface area contributed by atoms with Crippen molar-refractivity contribution in [2.45, 2.75) is 6.10 Å². The fourth-order valence-electron chi connectivity index (χ4n) is 4.35. The number of nitrogens with zero attached hydrogens (tertiary/aromatic N) is 1. The maximum Gasteiger partial charge on any atom is 0.149 e. The molecule has 0 saturated carbocycles. The Balaban J connectivity index is 1.34. The van der Waals surface area contributed by atoms with Crippen molar-refractivity contribution in [3.05, 3.63) is 83.4 Å². The van der Waals surface area contributed by atoms with Gasteiger partial charge in [-0.25, -0.2) is 0 Å². The molecule has 5 rings (SSSR count). The number of hydrogen-bond donors (Lipinski definition) is 2. The number of likely N-dealkylation sites (tertiary alicyclic amines) is 1. The largest absolute Gasteiger partial charge is 0.508 e. The van der Waals surface area contributed by atoms with E-state index in [4.69, 9.17) is 9.47 Å². The topological polar surface area (TPSA) is 62.2 Å². The molecule has 1 atom stereocenters. The first-order valence-electron chi connectivity index (χ1n) is 11.1. The number of halogens is 1. The molecule has 3 aromatic carbocycles. The molecule has 1 saturated heterocycles. The number of hydrogen-bond acceptors (Lipinski definition) is 5. The summed E-state index contributed by atoms with van der Waals surface area (Å²) in [6, 6.07) is 19.9. The van der Waals surface area contributed by atoms with Crippen LogP contribution in [0.2, 0.25) is 0 Å². The monoisotopic (exact) mass is 447 g/mol. The van der Waals surface area contributed by atoms with E-state index in [2.05, 4.69) is 4.90 Å². The second-order valence-electron chi connectivity index (χ2n) is 8.57. The quantitative estimate of drug-likeness (QED) is 0.531. The average molecular weight is 448 g/mol. The summed E-state index contributed by atoms with van der Waals surface area (Å²) in [7, 11) is 0. The van der Waals surface area contributed by atoms with Crippen molar-refractivity contribution in [2.24, 2.45) is 5.92 Å². The van der Waals surface area contributed by atoms with Gasteiger partial charge in [0.2, 0.25) is 0 Å². The van der Waals surface area contributed by atoms with Crippen LogP contribution >= 0.6 is 0 Å². The van der Waals surface area contributed by atoms with E-state index in [9.17, 15) is 14.6 Å². The Hall–Kier alpha value is -3.51. The number of alkyl halides is 1. The van der Waals surface area contributed by atoms with Gasteiger partial charge in [-0.1, -0.05) is 24.3 Å². The fraction of sp³-hybridized carbons (Fsp3) is 0.259. The lowest BCUT2D eigenvalue weighted by atomic mass is 9.91. The molecule has 0 spiro atoms. The highest BCUT2D eigenvalue weighted by Gasteiger charge is 2.27. The molecule has 33 heavy (non-hydrogen) atoms. The highest BCUT2D eigenvalue weighted by molar-refractivity contribution is 5.88. The molecule has 3 aromatic rings. The Labute approximate surface area is 192 Å². The molecule has 2 aliphatic heterocycles. The highest BCUT2D eigenvalue weighted by atomic mass is 19.1. The third kappa shape index (κ3) is 4.66. The van der Waals surface area contributed by atoms with Gasteiger partial charge in [-0.15, -0.1) is 0 Å². The number of benzene rings is 3. The van der Waals surface area contributed by atoms with Crippen molar-refractivity contribution < 1.29 is 24.1 Å². The SMILES string of the molecule is Oc1cccc(C2=Cc3cc(O)ccc3OC2c2ccc(OCCN3CC(CF)C3)cc2)c1. The number of fused-ring (bicyclic) bond motifs is 1. The van der Waals surface area contributed by atoms with Gasteiger partial charge in [0.1, 0.15) is 35.7 Å². The highest BCUT2D eigenvalue weighted by Crippen LogP contribution is 2.43. The lowest BCUT2D eigenvalue weighted by Crippen LogP contribution is -2.49. The molecular formula is C27H26FNO4. The summed E-state index contributed by atoms with van der Waals surface area (Å²) in [6.07, 6.45) is 1.61. The summed E-state index contributed by atoms with van der Waals surface area (Å²) in [5.74, 6) is 1.98. The number of ether oxygens (including phenoxy) is 2. The van der Waals surface area contributed by atoms with Crippen molar-refractivity contribution in [1.29, 1.82) is 0 Å². The first-order valence-corrected chi connectivity index (χ1v) is 11.1. The molecule has 5 nitrogen and oxygen atoms in total. The molecule has 6 heteroatoms. The van der Waals surface area contributed by atoms with Crippen molar-refractivity contribution in [1.82, 2.24) is 4.90 Å².